The first-order valence-electron chi connectivity index (χ1n) is 12.2. The van der Waals surface area contributed by atoms with Crippen LogP contribution in [0.15, 0.2) is 36.7 Å². The van der Waals surface area contributed by atoms with E-state index >= 15 is 4.39 Å². The minimum atomic E-state index is -4.32. The Labute approximate surface area is 233 Å². The maximum absolute atomic E-state index is 15.7. The SMILES string of the molecule is CNc1nc(N)nc2c1ncn2[C@@H]1O[C@H](COP(=O)(N[C@@H](C)C(=O)OC(C)C)Oc2ccccc2)[C@@H](O)[C@]1(F)Cl. The predicted molar refractivity (Wildman–Crippen MR) is 143 cm³/mol. The molecule has 1 aliphatic rings. The number of aliphatic hydroxyl groups excluding tert-OH is 1. The number of ether oxygens (including phenoxy) is 2. The zero-order chi connectivity index (χ0) is 29.2. The number of benzene rings is 1. The number of nitrogens with zero attached hydrogens (tertiary/aromatic N) is 4. The molecule has 0 aliphatic carbocycles. The fraction of sp³-hybridized carbons (Fsp3) is 0.478. The lowest BCUT2D eigenvalue weighted by Crippen LogP contribution is -2.40. The summed E-state index contributed by atoms with van der Waals surface area (Å²) in [6.45, 7) is 4.09. The van der Waals surface area contributed by atoms with Crippen molar-refractivity contribution in [2.24, 2.45) is 0 Å². The van der Waals surface area contributed by atoms with Crippen molar-refractivity contribution in [3.05, 3.63) is 36.7 Å². The number of esters is 1. The topological polar surface area (TPSA) is 185 Å². The standard InChI is InChI=1S/C23H30ClFN7O7P/c1-12(2)37-20(34)13(3)31-40(35,39-14-8-6-5-7-9-14)36-10-15-17(33)23(24,25)21(38-15)32-11-28-16-18(27-4)29-22(26)30-19(16)32/h5-9,11-13,15,17,21,33H,10H2,1-4H3,(H,31,35)(H3,26,27,29,30)/t13-,15+,17+,21+,23+,40?/m0/s1. The number of nitrogen functional groups attached to an aromatic ring is 1. The molecular weight excluding hydrogens is 572 g/mol. The van der Waals surface area contributed by atoms with Gasteiger partial charge in [-0.3, -0.25) is 13.9 Å². The molecule has 0 radical (unpaired) electrons. The second kappa shape index (κ2) is 11.8. The summed E-state index contributed by atoms with van der Waals surface area (Å²) in [6, 6.07) is 6.93. The molecule has 4 rings (SSSR count). The van der Waals surface area contributed by atoms with Crippen LogP contribution < -0.4 is 20.7 Å². The Morgan fingerprint density at radius 1 is 1.32 bits per heavy atom. The number of fused-ring (bicyclic) bond motifs is 1. The highest BCUT2D eigenvalue weighted by molar-refractivity contribution is 7.52. The van der Waals surface area contributed by atoms with E-state index in [4.69, 9.17) is 35.9 Å². The number of anilines is 2. The number of hydrogen-bond acceptors (Lipinski definition) is 12. The number of imidazole rings is 1. The van der Waals surface area contributed by atoms with Gasteiger partial charge >= 0.3 is 13.7 Å². The van der Waals surface area contributed by atoms with Crippen LogP contribution in [0, 0.1) is 0 Å². The molecule has 1 fully saturated rings. The van der Waals surface area contributed by atoms with E-state index in [9.17, 15) is 14.5 Å². The van der Waals surface area contributed by atoms with Gasteiger partial charge in [-0.2, -0.15) is 15.1 Å². The molecule has 0 saturated carbocycles. The third-order valence-electron chi connectivity index (χ3n) is 5.74. The number of carbonyl (C=O) groups excluding carboxylic acids is 1. The van der Waals surface area contributed by atoms with E-state index in [1.807, 2.05) is 0 Å². The van der Waals surface area contributed by atoms with Gasteiger partial charge in [-0.05, 0) is 32.9 Å². The molecule has 1 aromatic carbocycles. The minimum absolute atomic E-state index is 0.0931. The normalized spacial score (nSPS) is 25.1. The second-order valence-corrected chi connectivity index (χ2v) is 11.5. The van der Waals surface area contributed by atoms with Gasteiger partial charge in [0.25, 0.3) is 5.13 Å². The summed E-state index contributed by atoms with van der Waals surface area (Å²) in [4.78, 5) is 24.7. The van der Waals surface area contributed by atoms with Gasteiger partial charge in [0.05, 0.1) is 19.0 Å². The van der Waals surface area contributed by atoms with E-state index < -0.39 is 56.0 Å². The first-order chi connectivity index (χ1) is 18.8. The number of alkyl halides is 2. The Morgan fingerprint density at radius 3 is 2.67 bits per heavy atom. The molecule has 1 aliphatic heterocycles. The van der Waals surface area contributed by atoms with Gasteiger partial charge in [-0.15, -0.1) is 0 Å². The highest BCUT2D eigenvalue weighted by Gasteiger charge is 2.58. The lowest BCUT2D eigenvalue weighted by Gasteiger charge is -2.25. The fourth-order valence-electron chi connectivity index (χ4n) is 3.89. The van der Waals surface area contributed by atoms with Crippen LogP contribution in [0.2, 0.25) is 0 Å². The van der Waals surface area contributed by atoms with Crippen molar-refractivity contribution in [3.63, 3.8) is 0 Å². The Balaban J connectivity index is 1.56. The summed E-state index contributed by atoms with van der Waals surface area (Å²) < 4.78 is 52.6. The Morgan fingerprint density at radius 2 is 2.02 bits per heavy atom. The first-order valence-corrected chi connectivity index (χ1v) is 14.1. The van der Waals surface area contributed by atoms with Crippen LogP contribution in [0.25, 0.3) is 11.2 Å². The third-order valence-corrected chi connectivity index (χ3v) is 7.80. The van der Waals surface area contributed by atoms with Crippen LogP contribution in [0.4, 0.5) is 16.2 Å². The summed E-state index contributed by atoms with van der Waals surface area (Å²) in [7, 11) is -2.73. The number of aromatic nitrogens is 4. The maximum Gasteiger partial charge on any atom is 0.459 e. The van der Waals surface area contributed by atoms with Crippen molar-refractivity contribution in [1.29, 1.82) is 0 Å². The van der Waals surface area contributed by atoms with Gasteiger partial charge in [0.1, 0.15) is 24.0 Å². The molecule has 0 spiro atoms. The molecule has 3 heterocycles. The van der Waals surface area contributed by atoms with Crippen molar-refractivity contribution in [1.82, 2.24) is 24.6 Å². The molecule has 0 bridgehead atoms. The molecule has 218 valence electrons. The monoisotopic (exact) mass is 601 g/mol. The van der Waals surface area contributed by atoms with Crippen LogP contribution >= 0.6 is 19.3 Å². The zero-order valence-corrected chi connectivity index (χ0v) is 23.7. The van der Waals surface area contributed by atoms with E-state index in [0.29, 0.717) is 0 Å². The third kappa shape index (κ3) is 6.29. The molecular formula is C23H30ClFN7O7P. The van der Waals surface area contributed by atoms with Crippen LogP contribution in [-0.4, -0.2) is 73.7 Å². The van der Waals surface area contributed by atoms with Crippen molar-refractivity contribution in [2.75, 3.05) is 24.7 Å². The quantitative estimate of drug-likeness (QED) is 0.143. The number of nitrogens with one attached hydrogen (secondary N) is 2. The Hall–Kier alpha value is -3.07. The zero-order valence-electron chi connectivity index (χ0n) is 22.0. The van der Waals surface area contributed by atoms with Gasteiger partial charge in [0.2, 0.25) is 5.95 Å². The highest BCUT2D eigenvalue weighted by Crippen LogP contribution is 2.49. The molecule has 17 heteroatoms. The van der Waals surface area contributed by atoms with Crippen LogP contribution in [0.5, 0.6) is 5.75 Å². The lowest BCUT2D eigenvalue weighted by atomic mass is 10.1. The second-order valence-electron chi connectivity index (χ2n) is 9.18. The number of para-hydroxylation sites is 1. The largest absolute Gasteiger partial charge is 0.462 e. The predicted octanol–water partition coefficient (Wildman–Crippen LogP) is 2.75. The van der Waals surface area contributed by atoms with E-state index in [-0.39, 0.29) is 28.7 Å². The van der Waals surface area contributed by atoms with Gasteiger partial charge in [-0.1, -0.05) is 29.8 Å². The number of halogens is 2. The van der Waals surface area contributed by atoms with Crippen LogP contribution in [0.3, 0.4) is 0 Å². The average Bonchev–Trinajstić information content (AvgIpc) is 3.40. The van der Waals surface area contributed by atoms with Crippen LogP contribution in [0.1, 0.15) is 27.0 Å². The van der Waals surface area contributed by atoms with E-state index in [0.717, 1.165) is 4.57 Å². The smallest absolute Gasteiger partial charge is 0.459 e. The summed E-state index contributed by atoms with van der Waals surface area (Å²) in [6.07, 6.45) is -4.22. The highest BCUT2D eigenvalue weighted by atomic mass is 35.5. The lowest BCUT2D eigenvalue weighted by molar-refractivity contribution is -0.149. The molecule has 14 nitrogen and oxygen atoms in total. The molecule has 5 N–H and O–H groups in total. The minimum Gasteiger partial charge on any atom is -0.462 e. The molecule has 40 heavy (non-hydrogen) atoms. The molecule has 0 amide bonds. The number of nitrogens with two attached hydrogens (primary N) is 1. The number of rotatable bonds is 11. The molecule has 1 unspecified atom stereocenters. The molecule has 2 aromatic heterocycles. The molecule has 3 aromatic rings. The van der Waals surface area contributed by atoms with Crippen molar-refractivity contribution >= 4 is 48.2 Å². The number of hydrogen-bond donors (Lipinski definition) is 4. The summed E-state index contributed by atoms with van der Waals surface area (Å²) in [5.41, 5.74) is 6.12. The van der Waals surface area contributed by atoms with Gasteiger partial charge in [0, 0.05) is 7.05 Å². The fourth-order valence-corrected chi connectivity index (χ4v) is 5.69. The maximum atomic E-state index is 15.7. The van der Waals surface area contributed by atoms with Crippen molar-refractivity contribution in [2.45, 2.75) is 56.5 Å². The van der Waals surface area contributed by atoms with E-state index in [1.54, 1.807) is 39.1 Å². The molecule has 1 saturated heterocycles. The summed E-state index contributed by atoms with van der Waals surface area (Å²) in [5.74, 6) is -0.376. The number of aliphatic hydroxyl groups is 1. The van der Waals surface area contributed by atoms with Gasteiger partial charge in [0.15, 0.2) is 23.2 Å². The number of carbonyl (C=O) groups is 1. The van der Waals surface area contributed by atoms with Crippen molar-refractivity contribution < 1.29 is 37.4 Å². The van der Waals surface area contributed by atoms with E-state index in [1.165, 1.54) is 25.4 Å². The first kappa shape index (κ1) is 29.9. The van der Waals surface area contributed by atoms with Crippen LogP contribution in [-0.2, 0) is 23.4 Å². The van der Waals surface area contributed by atoms with Gasteiger partial charge < -0.3 is 30.2 Å². The Bertz CT molecular complexity index is 1400. The van der Waals surface area contributed by atoms with Crippen molar-refractivity contribution in [3.8, 4) is 5.75 Å². The molecule has 6 atom stereocenters. The Kier molecular flexibility index (Phi) is 8.83. The van der Waals surface area contributed by atoms with E-state index in [2.05, 4.69) is 25.4 Å². The van der Waals surface area contributed by atoms with Gasteiger partial charge in [-0.25, -0.2) is 13.9 Å². The summed E-state index contributed by atoms with van der Waals surface area (Å²) in [5, 5.41) is 13.2. The average molecular weight is 602 g/mol. The summed E-state index contributed by atoms with van der Waals surface area (Å²) >= 11 is 6.12.